The summed E-state index contributed by atoms with van der Waals surface area (Å²) in [7, 11) is -0.471. The second kappa shape index (κ2) is 6.00. The molecular weight excluding hydrogens is 309 g/mol. The summed E-state index contributed by atoms with van der Waals surface area (Å²) >= 11 is 0. The Hall–Kier alpha value is -1.67. The van der Waals surface area contributed by atoms with Crippen molar-refractivity contribution in [2.24, 2.45) is 5.92 Å². The molecule has 3 rings (SSSR count). The normalized spacial score (nSPS) is 23.5. The maximum absolute atomic E-state index is 11.0. The SMILES string of the molecule is CC1(C)OB(c2cnc(N3CCC(C(=O)O)CC3)nc2)OC1(C)C. The Bertz CT molecular complexity index is 596. The van der Waals surface area contributed by atoms with Gasteiger partial charge >= 0.3 is 13.1 Å². The maximum Gasteiger partial charge on any atom is 0.498 e. The number of aliphatic carboxylic acids is 1. The second-order valence-electron chi connectivity index (χ2n) is 7.50. The molecule has 8 heteroatoms. The van der Waals surface area contributed by atoms with Gasteiger partial charge in [0.05, 0.1) is 17.1 Å². The Morgan fingerprint density at radius 1 is 1.17 bits per heavy atom. The summed E-state index contributed by atoms with van der Waals surface area (Å²) in [6.45, 7) is 9.35. The van der Waals surface area contributed by atoms with Crippen molar-refractivity contribution in [3.63, 3.8) is 0 Å². The van der Waals surface area contributed by atoms with Crippen LogP contribution in [0, 0.1) is 5.92 Å². The number of carboxylic acid groups (broad SMARTS) is 1. The molecular formula is C16H24BN3O4. The molecule has 1 aromatic heterocycles. The number of aromatic nitrogens is 2. The molecule has 1 aromatic rings. The van der Waals surface area contributed by atoms with E-state index >= 15 is 0 Å². The van der Waals surface area contributed by atoms with E-state index in [1.165, 1.54) is 0 Å². The van der Waals surface area contributed by atoms with Crippen molar-refractivity contribution in [3.8, 4) is 0 Å². The number of hydrogen-bond donors (Lipinski definition) is 1. The molecule has 0 aliphatic carbocycles. The topological polar surface area (TPSA) is 84.8 Å². The van der Waals surface area contributed by atoms with Crippen molar-refractivity contribution in [1.29, 1.82) is 0 Å². The fraction of sp³-hybridized carbons (Fsp3) is 0.688. The monoisotopic (exact) mass is 333 g/mol. The number of hydrogen-bond acceptors (Lipinski definition) is 6. The zero-order chi connectivity index (χ0) is 17.5. The van der Waals surface area contributed by atoms with Crippen LogP contribution in [0.25, 0.3) is 0 Å². The number of piperidine rings is 1. The summed E-state index contributed by atoms with van der Waals surface area (Å²) in [6.07, 6.45) is 4.71. The number of nitrogens with zero attached hydrogens (tertiary/aromatic N) is 3. The van der Waals surface area contributed by atoms with E-state index in [1.54, 1.807) is 12.4 Å². The lowest BCUT2D eigenvalue weighted by Gasteiger charge is -2.32. The highest BCUT2D eigenvalue weighted by Crippen LogP contribution is 2.36. The van der Waals surface area contributed by atoms with Gasteiger partial charge in [0.2, 0.25) is 5.95 Å². The molecule has 130 valence electrons. The molecule has 2 fully saturated rings. The molecule has 2 saturated heterocycles. The zero-order valence-corrected chi connectivity index (χ0v) is 14.7. The fourth-order valence-electron chi connectivity index (χ4n) is 2.92. The van der Waals surface area contributed by atoms with E-state index in [1.807, 2.05) is 32.6 Å². The molecule has 2 aliphatic heterocycles. The van der Waals surface area contributed by atoms with Gasteiger partial charge in [0.15, 0.2) is 0 Å². The number of carbonyl (C=O) groups is 1. The van der Waals surface area contributed by atoms with Gasteiger partial charge in [0, 0.05) is 30.9 Å². The van der Waals surface area contributed by atoms with E-state index < -0.39 is 24.3 Å². The molecule has 0 bridgehead atoms. The minimum absolute atomic E-state index is 0.259. The molecule has 0 spiro atoms. The highest BCUT2D eigenvalue weighted by molar-refractivity contribution is 6.61. The largest absolute Gasteiger partial charge is 0.498 e. The average molecular weight is 333 g/mol. The lowest BCUT2D eigenvalue weighted by molar-refractivity contribution is -0.142. The van der Waals surface area contributed by atoms with Crippen LogP contribution in [0.3, 0.4) is 0 Å². The van der Waals surface area contributed by atoms with Crippen LogP contribution in [0.1, 0.15) is 40.5 Å². The van der Waals surface area contributed by atoms with Crippen LogP contribution in [0.15, 0.2) is 12.4 Å². The minimum atomic E-state index is -0.716. The van der Waals surface area contributed by atoms with Crippen LogP contribution in [-0.2, 0) is 14.1 Å². The quantitative estimate of drug-likeness (QED) is 0.829. The first-order valence-electron chi connectivity index (χ1n) is 8.35. The Morgan fingerprint density at radius 2 is 1.67 bits per heavy atom. The third-order valence-electron chi connectivity index (χ3n) is 5.31. The van der Waals surface area contributed by atoms with Crippen LogP contribution >= 0.6 is 0 Å². The predicted molar refractivity (Wildman–Crippen MR) is 90.3 cm³/mol. The van der Waals surface area contributed by atoms with Gasteiger partial charge in [-0.2, -0.15) is 0 Å². The smallest absolute Gasteiger partial charge is 0.481 e. The predicted octanol–water partition coefficient (Wildman–Crippen LogP) is 1.08. The molecule has 1 N–H and O–H groups in total. The molecule has 7 nitrogen and oxygen atoms in total. The van der Waals surface area contributed by atoms with Crippen molar-refractivity contribution < 1.29 is 19.2 Å². The Balaban J connectivity index is 1.66. The van der Waals surface area contributed by atoms with E-state index in [9.17, 15) is 4.79 Å². The summed E-state index contributed by atoms with van der Waals surface area (Å²) in [5.74, 6) is -0.351. The highest BCUT2D eigenvalue weighted by atomic mass is 16.7. The third-order valence-corrected chi connectivity index (χ3v) is 5.31. The first-order valence-corrected chi connectivity index (χ1v) is 8.35. The lowest BCUT2D eigenvalue weighted by Crippen LogP contribution is -2.41. The molecule has 0 saturated carbocycles. The van der Waals surface area contributed by atoms with E-state index in [4.69, 9.17) is 14.4 Å². The molecule has 24 heavy (non-hydrogen) atoms. The van der Waals surface area contributed by atoms with Gasteiger partial charge in [-0.1, -0.05) is 0 Å². The zero-order valence-electron chi connectivity index (χ0n) is 14.7. The summed E-state index contributed by atoms with van der Waals surface area (Å²) in [5, 5.41) is 9.06. The van der Waals surface area contributed by atoms with Crippen LogP contribution in [0.4, 0.5) is 5.95 Å². The number of carboxylic acids is 1. The van der Waals surface area contributed by atoms with E-state index in [2.05, 4.69) is 9.97 Å². The molecule has 0 radical (unpaired) electrons. The first kappa shape index (κ1) is 17.2. The van der Waals surface area contributed by atoms with Crippen LogP contribution in [-0.4, -0.2) is 52.5 Å². The second-order valence-corrected chi connectivity index (χ2v) is 7.50. The fourth-order valence-corrected chi connectivity index (χ4v) is 2.92. The van der Waals surface area contributed by atoms with Gasteiger partial charge in [-0.15, -0.1) is 0 Å². The molecule has 0 unspecified atom stereocenters. The summed E-state index contributed by atoms with van der Waals surface area (Å²) < 4.78 is 12.0. The third kappa shape index (κ3) is 3.12. The van der Waals surface area contributed by atoms with Crippen LogP contribution in [0.2, 0.25) is 0 Å². The Kier molecular flexibility index (Phi) is 4.29. The molecule has 0 aromatic carbocycles. The van der Waals surface area contributed by atoms with Crippen molar-refractivity contribution >= 4 is 24.5 Å². The summed E-state index contributed by atoms with van der Waals surface area (Å²) in [4.78, 5) is 21.9. The van der Waals surface area contributed by atoms with E-state index in [-0.39, 0.29) is 5.92 Å². The molecule has 0 atom stereocenters. The van der Waals surface area contributed by atoms with Crippen molar-refractivity contribution in [1.82, 2.24) is 9.97 Å². The summed E-state index contributed by atoms with van der Waals surface area (Å²) in [6, 6.07) is 0. The van der Waals surface area contributed by atoms with Crippen LogP contribution < -0.4 is 10.4 Å². The van der Waals surface area contributed by atoms with Gasteiger partial charge in [-0.25, -0.2) is 9.97 Å². The van der Waals surface area contributed by atoms with Crippen molar-refractivity contribution in [2.75, 3.05) is 18.0 Å². The minimum Gasteiger partial charge on any atom is -0.481 e. The lowest BCUT2D eigenvalue weighted by atomic mass is 9.81. The van der Waals surface area contributed by atoms with Gasteiger partial charge in [-0.3, -0.25) is 4.79 Å². The maximum atomic E-state index is 11.0. The van der Waals surface area contributed by atoms with Gasteiger partial charge in [0.1, 0.15) is 0 Å². The van der Waals surface area contributed by atoms with Gasteiger partial charge in [-0.05, 0) is 40.5 Å². The highest BCUT2D eigenvalue weighted by Gasteiger charge is 2.52. The molecule has 0 amide bonds. The summed E-state index contributed by atoms with van der Waals surface area (Å²) in [5.41, 5.74) is 0.00206. The van der Waals surface area contributed by atoms with Crippen molar-refractivity contribution in [3.05, 3.63) is 12.4 Å². The number of anilines is 1. The van der Waals surface area contributed by atoms with Gasteiger partial charge < -0.3 is 19.3 Å². The average Bonchev–Trinajstić information content (AvgIpc) is 2.76. The standard InChI is InChI=1S/C16H24BN3O4/c1-15(2)16(3,4)24-17(23-15)12-9-18-14(19-10-12)20-7-5-11(6-8-20)13(21)22/h9-11H,5-8H2,1-4H3,(H,21,22). The molecule has 2 aliphatic rings. The molecule has 3 heterocycles. The first-order chi connectivity index (χ1) is 11.2. The Labute approximate surface area is 142 Å². The number of rotatable bonds is 3. The van der Waals surface area contributed by atoms with E-state index in [0.29, 0.717) is 31.9 Å². The van der Waals surface area contributed by atoms with Crippen LogP contribution in [0.5, 0.6) is 0 Å². The van der Waals surface area contributed by atoms with E-state index in [0.717, 1.165) is 5.46 Å². The van der Waals surface area contributed by atoms with Crippen molar-refractivity contribution in [2.45, 2.75) is 51.7 Å². The van der Waals surface area contributed by atoms with Gasteiger partial charge in [0.25, 0.3) is 0 Å². The Morgan fingerprint density at radius 3 is 2.12 bits per heavy atom.